The lowest BCUT2D eigenvalue weighted by molar-refractivity contribution is -0.304. The summed E-state index contributed by atoms with van der Waals surface area (Å²) in [6, 6.07) is 6.30. The molecule has 1 heterocycles. The molecule has 7 heteroatoms. The van der Waals surface area contributed by atoms with Crippen molar-refractivity contribution in [1.29, 1.82) is 0 Å². The van der Waals surface area contributed by atoms with E-state index in [1.54, 1.807) is 17.5 Å². The van der Waals surface area contributed by atoms with Gasteiger partial charge < -0.3 is 9.90 Å². The van der Waals surface area contributed by atoms with E-state index in [1.165, 1.54) is 23.5 Å². The van der Waals surface area contributed by atoms with Crippen LogP contribution in [-0.2, 0) is 21.1 Å². The lowest BCUT2D eigenvalue weighted by Gasteiger charge is -2.00. The third-order valence-corrected chi connectivity index (χ3v) is 4.40. The molecule has 0 saturated carbocycles. The van der Waals surface area contributed by atoms with Gasteiger partial charge in [-0.2, -0.15) is 0 Å². The monoisotopic (exact) mass is 296 g/mol. The zero-order valence-corrected chi connectivity index (χ0v) is 11.6. The molecule has 0 spiro atoms. The zero-order chi connectivity index (χ0) is 14.0. The molecule has 100 valence electrons. The van der Waals surface area contributed by atoms with Gasteiger partial charge >= 0.3 is 0 Å². The fraction of sp³-hybridized carbons (Fsp3) is 0.167. The van der Waals surface area contributed by atoms with Gasteiger partial charge in [0, 0.05) is 29.6 Å². The van der Waals surface area contributed by atoms with Crippen LogP contribution in [0.1, 0.15) is 5.01 Å². The maximum Gasteiger partial charge on any atom is 0.175 e. The van der Waals surface area contributed by atoms with Gasteiger partial charge in [-0.3, -0.25) is 0 Å². The smallest absolute Gasteiger partial charge is 0.175 e. The number of sulfone groups is 1. The number of thiazole rings is 1. The normalized spacial score (nSPS) is 11.4. The second-order valence-corrected chi connectivity index (χ2v) is 6.93. The summed E-state index contributed by atoms with van der Waals surface area (Å²) in [5.41, 5.74) is 1.37. The summed E-state index contributed by atoms with van der Waals surface area (Å²) in [5.74, 6) is -1.17. The molecule has 0 N–H and O–H groups in total. The molecule has 0 unspecified atom stereocenters. The minimum Gasteiger partial charge on any atom is -0.550 e. The summed E-state index contributed by atoms with van der Waals surface area (Å²) in [5, 5.41) is 12.6. The van der Waals surface area contributed by atoms with Crippen molar-refractivity contribution in [2.75, 3.05) is 6.26 Å². The predicted octanol–water partition coefficient (Wildman–Crippen LogP) is 0.506. The van der Waals surface area contributed by atoms with Crippen LogP contribution >= 0.6 is 11.3 Å². The molecular weight excluding hydrogens is 286 g/mol. The summed E-state index contributed by atoms with van der Waals surface area (Å²) in [4.78, 5) is 14.9. The predicted molar refractivity (Wildman–Crippen MR) is 69.4 cm³/mol. The van der Waals surface area contributed by atoms with Gasteiger partial charge in [0.1, 0.15) is 0 Å². The Morgan fingerprint density at radius 2 is 1.95 bits per heavy atom. The SMILES string of the molecule is CS(=O)(=O)c1ccc(-c2csc(CC(=O)[O-])n2)cc1. The number of benzene rings is 1. The van der Waals surface area contributed by atoms with Crippen molar-refractivity contribution in [3.63, 3.8) is 0 Å². The largest absolute Gasteiger partial charge is 0.550 e. The van der Waals surface area contributed by atoms with Crippen molar-refractivity contribution < 1.29 is 18.3 Å². The Bertz CT molecular complexity index is 702. The molecule has 0 saturated heterocycles. The lowest BCUT2D eigenvalue weighted by Crippen LogP contribution is -2.24. The van der Waals surface area contributed by atoms with Crippen molar-refractivity contribution in [3.8, 4) is 11.3 Å². The van der Waals surface area contributed by atoms with E-state index in [0.717, 1.165) is 11.8 Å². The number of aromatic nitrogens is 1. The van der Waals surface area contributed by atoms with Crippen LogP contribution in [0.5, 0.6) is 0 Å². The fourth-order valence-electron chi connectivity index (χ4n) is 1.52. The van der Waals surface area contributed by atoms with Crippen molar-refractivity contribution >= 4 is 27.1 Å². The molecule has 0 atom stereocenters. The Hall–Kier alpha value is -1.73. The molecule has 0 bridgehead atoms. The molecular formula is C12H10NO4S2-. The molecule has 0 aliphatic rings. The van der Waals surface area contributed by atoms with Crippen molar-refractivity contribution in [3.05, 3.63) is 34.7 Å². The number of rotatable bonds is 4. The highest BCUT2D eigenvalue weighted by Gasteiger charge is 2.09. The minimum atomic E-state index is -3.22. The van der Waals surface area contributed by atoms with Crippen LogP contribution in [-0.4, -0.2) is 25.6 Å². The number of carboxylic acids is 1. The van der Waals surface area contributed by atoms with Crippen LogP contribution < -0.4 is 5.11 Å². The molecule has 19 heavy (non-hydrogen) atoms. The first-order chi connectivity index (χ1) is 8.86. The molecule has 2 aromatic rings. The van der Waals surface area contributed by atoms with Gasteiger partial charge in [-0.25, -0.2) is 13.4 Å². The number of carbonyl (C=O) groups excluding carboxylic acids is 1. The maximum atomic E-state index is 11.3. The summed E-state index contributed by atoms with van der Waals surface area (Å²) < 4.78 is 22.6. The fourth-order valence-corrected chi connectivity index (χ4v) is 2.94. The van der Waals surface area contributed by atoms with E-state index in [0.29, 0.717) is 10.7 Å². The minimum absolute atomic E-state index is 0.216. The van der Waals surface area contributed by atoms with Gasteiger partial charge in [0.2, 0.25) is 0 Å². The van der Waals surface area contributed by atoms with Gasteiger partial charge in [0.15, 0.2) is 9.84 Å². The van der Waals surface area contributed by atoms with Gasteiger partial charge in [-0.15, -0.1) is 11.3 Å². The van der Waals surface area contributed by atoms with E-state index in [2.05, 4.69) is 4.98 Å². The average molecular weight is 296 g/mol. The maximum absolute atomic E-state index is 11.3. The summed E-state index contributed by atoms with van der Waals surface area (Å²) in [6.45, 7) is 0. The molecule has 1 aromatic heterocycles. The summed E-state index contributed by atoms with van der Waals surface area (Å²) >= 11 is 1.23. The second kappa shape index (κ2) is 5.10. The molecule has 0 radical (unpaired) electrons. The first kappa shape index (κ1) is 13.7. The Kier molecular flexibility index (Phi) is 3.68. The number of aliphatic carboxylic acids is 1. The first-order valence-corrected chi connectivity index (χ1v) is 8.08. The Balaban J connectivity index is 2.27. The van der Waals surface area contributed by atoms with Gasteiger partial charge in [-0.1, -0.05) is 12.1 Å². The topological polar surface area (TPSA) is 87.2 Å². The molecule has 0 fully saturated rings. The van der Waals surface area contributed by atoms with Crippen LogP contribution in [0.4, 0.5) is 0 Å². The van der Waals surface area contributed by atoms with Crippen molar-refractivity contribution in [1.82, 2.24) is 4.98 Å². The van der Waals surface area contributed by atoms with Crippen molar-refractivity contribution in [2.45, 2.75) is 11.3 Å². The van der Waals surface area contributed by atoms with Crippen LogP contribution in [0.3, 0.4) is 0 Å². The molecule has 0 aliphatic carbocycles. The van der Waals surface area contributed by atoms with E-state index < -0.39 is 15.8 Å². The first-order valence-electron chi connectivity index (χ1n) is 5.31. The Morgan fingerprint density at radius 1 is 1.32 bits per heavy atom. The van der Waals surface area contributed by atoms with E-state index in [9.17, 15) is 18.3 Å². The third kappa shape index (κ3) is 3.39. The molecule has 5 nitrogen and oxygen atoms in total. The Labute approximate surface area is 114 Å². The molecule has 2 rings (SSSR count). The second-order valence-electron chi connectivity index (χ2n) is 3.97. The highest BCUT2D eigenvalue weighted by molar-refractivity contribution is 7.90. The highest BCUT2D eigenvalue weighted by atomic mass is 32.2. The Morgan fingerprint density at radius 3 is 2.47 bits per heavy atom. The number of nitrogens with zero attached hydrogens (tertiary/aromatic N) is 1. The van der Waals surface area contributed by atoms with E-state index in [4.69, 9.17) is 0 Å². The number of hydrogen-bond acceptors (Lipinski definition) is 6. The molecule has 1 aromatic carbocycles. The standard InChI is InChI=1S/C12H11NO4S2/c1-19(16,17)9-4-2-8(3-5-9)10-7-18-11(13-10)6-12(14)15/h2-5,7H,6H2,1H3,(H,14,15)/p-1. The van der Waals surface area contributed by atoms with Crippen LogP contribution in [0.25, 0.3) is 11.3 Å². The lowest BCUT2D eigenvalue weighted by atomic mass is 10.2. The molecule has 0 amide bonds. The van der Waals surface area contributed by atoms with Crippen LogP contribution in [0.2, 0.25) is 0 Å². The quantitative estimate of drug-likeness (QED) is 0.820. The van der Waals surface area contributed by atoms with Gasteiger partial charge in [0.05, 0.1) is 15.6 Å². The third-order valence-electron chi connectivity index (χ3n) is 2.43. The van der Waals surface area contributed by atoms with Gasteiger partial charge in [-0.05, 0) is 12.1 Å². The van der Waals surface area contributed by atoms with E-state index in [-0.39, 0.29) is 11.3 Å². The van der Waals surface area contributed by atoms with E-state index in [1.807, 2.05) is 0 Å². The van der Waals surface area contributed by atoms with Crippen LogP contribution in [0.15, 0.2) is 34.5 Å². The molecule has 0 aliphatic heterocycles. The van der Waals surface area contributed by atoms with Gasteiger partial charge in [0.25, 0.3) is 0 Å². The highest BCUT2D eigenvalue weighted by Crippen LogP contribution is 2.23. The summed E-state index contributed by atoms with van der Waals surface area (Å²) in [7, 11) is -3.22. The number of hydrogen-bond donors (Lipinski definition) is 0. The zero-order valence-electron chi connectivity index (χ0n) is 9.99. The summed E-state index contributed by atoms with van der Waals surface area (Å²) in [6.07, 6.45) is 0.925. The van der Waals surface area contributed by atoms with E-state index >= 15 is 0 Å². The number of carbonyl (C=O) groups is 1. The van der Waals surface area contributed by atoms with Crippen LogP contribution in [0, 0.1) is 0 Å². The number of carboxylic acid groups (broad SMARTS) is 1. The van der Waals surface area contributed by atoms with Crippen molar-refractivity contribution in [2.24, 2.45) is 0 Å². The average Bonchev–Trinajstić information content (AvgIpc) is 2.75.